The molecule has 1 aliphatic carbocycles. The van der Waals surface area contributed by atoms with Gasteiger partial charge in [-0.1, -0.05) is 18.0 Å². The van der Waals surface area contributed by atoms with Crippen molar-refractivity contribution >= 4 is 17.6 Å². The second kappa shape index (κ2) is 6.28. The fourth-order valence-corrected chi connectivity index (χ4v) is 4.83. The molecule has 1 N–H and O–H groups in total. The third-order valence-electron chi connectivity index (χ3n) is 6.17. The van der Waals surface area contributed by atoms with Crippen molar-refractivity contribution in [3.05, 3.63) is 29.0 Å². The molecule has 5 nitrogen and oxygen atoms in total. The molecule has 1 aromatic heterocycles. The summed E-state index contributed by atoms with van der Waals surface area (Å²) in [7, 11) is 0. The van der Waals surface area contributed by atoms with Gasteiger partial charge in [-0.15, -0.1) is 0 Å². The second-order valence-electron chi connectivity index (χ2n) is 7.79. The quantitative estimate of drug-likeness (QED) is 0.884. The Balaban J connectivity index is 1.45. The Morgan fingerprint density at radius 1 is 1.33 bits per heavy atom. The van der Waals surface area contributed by atoms with E-state index in [1.54, 1.807) is 12.4 Å². The standard InChI is InChI=1S/C18H24ClN3O2/c19-16-6-20-5-4-14(16)8-22-10-15-9-21(7-13-2-1-3-13)11-18(15,12-22)17(23)24/h4-6,13,15H,1-3,7-12H2,(H,23,24)/t15-,18-/m0/s1. The first-order valence-corrected chi connectivity index (χ1v) is 9.21. The number of hydrogen-bond donors (Lipinski definition) is 1. The van der Waals surface area contributed by atoms with Crippen LogP contribution in [0.15, 0.2) is 18.5 Å². The Labute approximate surface area is 147 Å². The molecule has 4 rings (SSSR count). The molecule has 1 saturated carbocycles. The second-order valence-corrected chi connectivity index (χ2v) is 8.19. The minimum Gasteiger partial charge on any atom is -0.481 e. The summed E-state index contributed by atoms with van der Waals surface area (Å²) in [5, 5.41) is 10.6. The number of likely N-dealkylation sites (tertiary alicyclic amines) is 2. The Morgan fingerprint density at radius 2 is 2.08 bits per heavy atom. The summed E-state index contributed by atoms with van der Waals surface area (Å²) in [6, 6.07) is 1.92. The zero-order valence-corrected chi connectivity index (χ0v) is 14.6. The van der Waals surface area contributed by atoms with Crippen molar-refractivity contribution in [2.24, 2.45) is 17.3 Å². The van der Waals surface area contributed by atoms with Crippen LogP contribution in [0.1, 0.15) is 24.8 Å². The molecule has 3 heterocycles. The number of aliphatic carboxylic acids is 1. The van der Waals surface area contributed by atoms with Crippen LogP contribution in [0.5, 0.6) is 0 Å². The molecule has 0 aromatic carbocycles. The lowest BCUT2D eigenvalue weighted by Gasteiger charge is -2.31. The van der Waals surface area contributed by atoms with Crippen molar-refractivity contribution in [1.82, 2.24) is 14.8 Å². The van der Waals surface area contributed by atoms with Crippen LogP contribution in [-0.2, 0) is 11.3 Å². The number of pyridine rings is 1. The number of halogens is 1. The molecule has 0 unspecified atom stereocenters. The van der Waals surface area contributed by atoms with E-state index >= 15 is 0 Å². The molecule has 0 spiro atoms. The normalized spacial score (nSPS) is 31.1. The Kier molecular flexibility index (Phi) is 4.27. The topological polar surface area (TPSA) is 56.7 Å². The molecule has 2 atom stereocenters. The monoisotopic (exact) mass is 349 g/mol. The molecular weight excluding hydrogens is 326 g/mol. The van der Waals surface area contributed by atoms with E-state index in [1.807, 2.05) is 6.07 Å². The molecule has 3 aliphatic rings. The third-order valence-corrected chi connectivity index (χ3v) is 6.51. The van der Waals surface area contributed by atoms with Gasteiger partial charge in [0.2, 0.25) is 0 Å². The first-order chi connectivity index (χ1) is 11.6. The van der Waals surface area contributed by atoms with Gasteiger partial charge in [0.15, 0.2) is 0 Å². The summed E-state index contributed by atoms with van der Waals surface area (Å²) >= 11 is 6.21. The highest BCUT2D eigenvalue weighted by molar-refractivity contribution is 6.31. The minimum atomic E-state index is -0.632. The highest BCUT2D eigenvalue weighted by Gasteiger charge is 2.57. The molecule has 2 aliphatic heterocycles. The Bertz CT molecular complexity index is 636. The number of nitrogens with zero attached hydrogens (tertiary/aromatic N) is 3. The highest BCUT2D eigenvalue weighted by atomic mass is 35.5. The van der Waals surface area contributed by atoms with Crippen LogP contribution in [-0.4, -0.2) is 58.6 Å². The van der Waals surface area contributed by atoms with Crippen molar-refractivity contribution in [1.29, 1.82) is 0 Å². The van der Waals surface area contributed by atoms with E-state index in [1.165, 1.54) is 19.3 Å². The summed E-state index contributed by atoms with van der Waals surface area (Å²) in [6.07, 6.45) is 7.36. The number of carbonyl (C=O) groups is 1. The van der Waals surface area contributed by atoms with Crippen LogP contribution in [0, 0.1) is 17.3 Å². The molecule has 130 valence electrons. The molecule has 6 heteroatoms. The predicted octanol–water partition coefficient (Wildman–Crippen LogP) is 2.35. The Morgan fingerprint density at radius 3 is 2.71 bits per heavy atom. The SMILES string of the molecule is O=C(O)[C@@]12CN(Cc3ccncc3Cl)C[C@@H]1CN(CC1CCC1)C2. The van der Waals surface area contributed by atoms with E-state index in [0.29, 0.717) is 24.7 Å². The van der Waals surface area contributed by atoms with Gasteiger partial charge in [-0.3, -0.25) is 14.7 Å². The summed E-state index contributed by atoms with van der Waals surface area (Å²) in [5.41, 5.74) is 0.419. The van der Waals surface area contributed by atoms with Gasteiger partial charge in [0.25, 0.3) is 0 Å². The number of carboxylic acids is 1. The minimum absolute atomic E-state index is 0.218. The summed E-state index contributed by atoms with van der Waals surface area (Å²) in [6.45, 7) is 4.86. The van der Waals surface area contributed by atoms with E-state index in [9.17, 15) is 9.90 Å². The molecule has 1 aromatic rings. The van der Waals surface area contributed by atoms with Gasteiger partial charge in [0.05, 0.1) is 10.4 Å². The third kappa shape index (κ3) is 2.83. The van der Waals surface area contributed by atoms with E-state index in [4.69, 9.17) is 11.6 Å². The van der Waals surface area contributed by atoms with Gasteiger partial charge >= 0.3 is 5.97 Å². The van der Waals surface area contributed by atoms with Gasteiger partial charge in [0.1, 0.15) is 0 Å². The van der Waals surface area contributed by atoms with E-state index < -0.39 is 11.4 Å². The van der Waals surface area contributed by atoms with Crippen LogP contribution >= 0.6 is 11.6 Å². The number of hydrogen-bond acceptors (Lipinski definition) is 4. The van der Waals surface area contributed by atoms with Crippen LogP contribution in [0.25, 0.3) is 0 Å². The van der Waals surface area contributed by atoms with E-state index in [2.05, 4.69) is 14.8 Å². The summed E-state index contributed by atoms with van der Waals surface area (Å²) in [4.78, 5) is 20.8. The Hall–Kier alpha value is -1.17. The molecule has 24 heavy (non-hydrogen) atoms. The largest absolute Gasteiger partial charge is 0.481 e. The van der Waals surface area contributed by atoms with E-state index in [-0.39, 0.29) is 5.92 Å². The lowest BCUT2D eigenvalue weighted by Crippen LogP contribution is -2.41. The fraction of sp³-hybridized carbons (Fsp3) is 0.667. The fourth-order valence-electron chi connectivity index (χ4n) is 4.65. The number of fused-ring (bicyclic) bond motifs is 1. The first-order valence-electron chi connectivity index (χ1n) is 8.83. The molecular formula is C18H24ClN3O2. The predicted molar refractivity (Wildman–Crippen MR) is 91.9 cm³/mol. The van der Waals surface area contributed by atoms with Gasteiger partial charge < -0.3 is 10.0 Å². The molecule has 2 saturated heterocycles. The van der Waals surface area contributed by atoms with Crippen molar-refractivity contribution in [3.63, 3.8) is 0 Å². The molecule has 3 fully saturated rings. The maximum absolute atomic E-state index is 12.1. The van der Waals surface area contributed by atoms with Gasteiger partial charge in [-0.05, 0) is 30.4 Å². The van der Waals surface area contributed by atoms with Crippen molar-refractivity contribution < 1.29 is 9.90 Å². The zero-order valence-electron chi connectivity index (χ0n) is 13.8. The van der Waals surface area contributed by atoms with Crippen LogP contribution < -0.4 is 0 Å². The van der Waals surface area contributed by atoms with Gasteiger partial charge in [-0.25, -0.2) is 0 Å². The van der Waals surface area contributed by atoms with Crippen molar-refractivity contribution in [2.45, 2.75) is 25.8 Å². The molecule has 0 radical (unpaired) electrons. The van der Waals surface area contributed by atoms with Gasteiger partial charge in [0, 0.05) is 57.6 Å². The lowest BCUT2D eigenvalue weighted by molar-refractivity contribution is -0.149. The molecule has 0 amide bonds. The molecule has 0 bridgehead atoms. The van der Waals surface area contributed by atoms with Crippen LogP contribution in [0.4, 0.5) is 0 Å². The van der Waals surface area contributed by atoms with Crippen LogP contribution in [0.3, 0.4) is 0 Å². The number of aromatic nitrogens is 1. The zero-order chi connectivity index (χ0) is 16.7. The van der Waals surface area contributed by atoms with Crippen LogP contribution in [0.2, 0.25) is 5.02 Å². The highest BCUT2D eigenvalue weighted by Crippen LogP contribution is 2.44. The summed E-state index contributed by atoms with van der Waals surface area (Å²) < 4.78 is 0. The number of carboxylic acid groups (broad SMARTS) is 1. The smallest absolute Gasteiger partial charge is 0.312 e. The maximum atomic E-state index is 12.1. The summed E-state index contributed by atoms with van der Waals surface area (Å²) in [5.74, 6) is 0.379. The van der Waals surface area contributed by atoms with Gasteiger partial charge in [-0.2, -0.15) is 0 Å². The lowest BCUT2D eigenvalue weighted by atomic mass is 9.81. The van der Waals surface area contributed by atoms with Crippen molar-refractivity contribution in [3.8, 4) is 0 Å². The average molecular weight is 350 g/mol. The first kappa shape index (κ1) is 16.3. The van der Waals surface area contributed by atoms with Crippen molar-refractivity contribution in [2.75, 3.05) is 32.7 Å². The van der Waals surface area contributed by atoms with E-state index in [0.717, 1.165) is 31.1 Å². The number of rotatable bonds is 5. The average Bonchev–Trinajstić information content (AvgIpc) is 3.00. The maximum Gasteiger partial charge on any atom is 0.312 e.